The van der Waals surface area contributed by atoms with E-state index in [1.54, 1.807) is 6.07 Å². The zero-order valence-electron chi connectivity index (χ0n) is 17.6. The van der Waals surface area contributed by atoms with Crippen LogP contribution >= 0.6 is 15.9 Å². The van der Waals surface area contributed by atoms with Crippen LogP contribution in [0.1, 0.15) is 30.9 Å². The Hall–Kier alpha value is -2.72. The first kappa shape index (κ1) is 22.1. The topological polar surface area (TPSA) is 60.4 Å². The van der Waals surface area contributed by atoms with E-state index in [-0.39, 0.29) is 15.4 Å². The van der Waals surface area contributed by atoms with Crippen molar-refractivity contribution in [1.82, 2.24) is 8.97 Å². The highest BCUT2D eigenvalue weighted by molar-refractivity contribution is 9.10. The Labute approximate surface area is 195 Å². The Morgan fingerprint density at radius 3 is 2.70 bits per heavy atom. The second-order valence-corrected chi connectivity index (χ2v) is 9.63. The molecule has 10 heteroatoms. The minimum absolute atomic E-state index is 0.173. The number of pyridine rings is 1. The van der Waals surface area contributed by atoms with Gasteiger partial charge < -0.3 is 4.74 Å². The van der Waals surface area contributed by atoms with Crippen LogP contribution in [0.15, 0.2) is 62.2 Å². The third-order valence-electron chi connectivity index (χ3n) is 6.15. The zero-order valence-corrected chi connectivity index (χ0v) is 19.2. The summed E-state index contributed by atoms with van der Waals surface area (Å²) in [5.41, 5.74) is 0.482. The third kappa shape index (κ3) is 3.95. The quantitative estimate of drug-likeness (QED) is 0.486. The molecule has 1 fully saturated rings. The van der Waals surface area contributed by atoms with Gasteiger partial charge in [-0.05, 0) is 52.0 Å². The van der Waals surface area contributed by atoms with Gasteiger partial charge in [-0.1, -0.05) is 19.1 Å². The van der Waals surface area contributed by atoms with Crippen molar-refractivity contribution in [3.8, 4) is 5.69 Å². The molecule has 0 N–H and O–H groups in total. The average molecular weight is 521 g/mol. The summed E-state index contributed by atoms with van der Waals surface area (Å²) in [7, 11) is 0. The van der Waals surface area contributed by atoms with E-state index >= 15 is 0 Å². The maximum atomic E-state index is 13.6. The van der Waals surface area contributed by atoms with E-state index in [0.717, 1.165) is 28.2 Å². The number of alkyl halides is 3. The van der Waals surface area contributed by atoms with E-state index in [9.17, 15) is 18.0 Å². The molecule has 0 aliphatic carbocycles. The van der Waals surface area contributed by atoms with E-state index in [1.807, 2.05) is 24.4 Å². The molecule has 1 saturated heterocycles. The summed E-state index contributed by atoms with van der Waals surface area (Å²) in [6.45, 7) is 3.09. The number of hydrogen-bond acceptors (Lipinski definition) is 4. The average Bonchev–Trinajstić information content (AvgIpc) is 3.06. The lowest BCUT2D eigenvalue weighted by atomic mass is 9.73. The molecule has 1 aromatic carbocycles. The van der Waals surface area contributed by atoms with Gasteiger partial charge >= 0.3 is 11.9 Å². The molecule has 4 heterocycles. The molecule has 2 aromatic heterocycles. The molecule has 33 heavy (non-hydrogen) atoms. The molecule has 2 aliphatic rings. The number of hydrogen-bond donors (Lipinski definition) is 0. The maximum Gasteiger partial charge on any atom is 0.418 e. The van der Waals surface area contributed by atoms with Gasteiger partial charge in [-0.3, -0.25) is 8.97 Å². The predicted octanol–water partition coefficient (Wildman–Crippen LogP) is 5.00. The van der Waals surface area contributed by atoms with Crippen molar-refractivity contribution in [2.24, 2.45) is 16.1 Å². The van der Waals surface area contributed by atoms with Crippen LogP contribution < -0.4 is 5.69 Å². The van der Waals surface area contributed by atoms with Gasteiger partial charge in [0.25, 0.3) is 0 Å². The van der Waals surface area contributed by atoms with Gasteiger partial charge in [0.05, 0.1) is 30.0 Å². The summed E-state index contributed by atoms with van der Waals surface area (Å²) >= 11 is 3.08. The lowest BCUT2D eigenvalue weighted by molar-refractivity contribution is -0.136. The molecule has 172 valence electrons. The minimum atomic E-state index is -4.59. The summed E-state index contributed by atoms with van der Waals surface area (Å²) < 4.78 is 48.7. The van der Waals surface area contributed by atoms with Gasteiger partial charge in [-0.25, -0.2) is 4.79 Å². The Morgan fingerprint density at radius 1 is 1.24 bits per heavy atom. The number of aromatic nitrogens is 2. The molecular formula is C23H20BrF3N4O2. The fraction of sp³-hybridized carbons (Fsp3) is 0.348. The van der Waals surface area contributed by atoms with Crippen LogP contribution in [0, 0.1) is 5.92 Å². The maximum absolute atomic E-state index is 13.6. The zero-order chi connectivity index (χ0) is 23.4. The largest absolute Gasteiger partial charge is 0.418 e. The first-order chi connectivity index (χ1) is 15.7. The van der Waals surface area contributed by atoms with Gasteiger partial charge in [0.15, 0.2) is 0 Å². The second-order valence-electron chi connectivity index (χ2n) is 8.72. The van der Waals surface area contributed by atoms with Crippen molar-refractivity contribution in [2.75, 3.05) is 13.2 Å². The molecule has 6 nitrogen and oxygen atoms in total. The highest BCUT2D eigenvalue weighted by Gasteiger charge is 2.42. The molecular weight excluding hydrogens is 501 g/mol. The number of benzene rings is 1. The molecule has 1 unspecified atom stereocenters. The first-order valence-electron chi connectivity index (χ1n) is 10.4. The third-order valence-corrected chi connectivity index (χ3v) is 6.59. The molecule has 0 amide bonds. The van der Waals surface area contributed by atoms with Crippen molar-refractivity contribution in [1.29, 1.82) is 0 Å². The van der Waals surface area contributed by atoms with Crippen LogP contribution in [-0.2, 0) is 16.3 Å². The summed E-state index contributed by atoms with van der Waals surface area (Å²) in [6.07, 6.45) is 1.31. The number of halogens is 4. The fourth-order valence-electron chi connectivity index (χ4n) is 4.46. The number of fused-ring (bicyclic) bond motifs is 1. The van der Waals surface area contributed by atoms with Crippen LogP contribution in [0.2, 0.25) is 0 Å². The van der Waals surface area contributed by atoms with E-state index in [0.29, 0.717) is 31.2 Å². The number of rotatable bonds is 4. The highest BCUT2D eigenvalue weighted by Crippen LogP contribution is 2.38. The molecule has 0 spiro atoms. The van der Waals surface area contributed by atoms with Gasteiger partial charge in [0.1, 0.15) is 0 Å². The first-order valence-corrected chi connectivity index (χ1v) is 11.2. The van der Waals surface area contributed by atoms with Gasteiger partial charge in [-0.2, -0.15) is 23.4 Å². The van der Waals surface area contributed by atoms with Crippen molar-refractivity contribution in [2.45, 2.75) is 31.4 Å². The Kier molecular flexibility index (Phi) is 5.32. The van der Waals surface area contributed by atoms with Gasteiger partial charge in [0, 0.05) is 40.6 Å². The van der Waals surface area contributed by atoms with E-state index < -0.39 is 17.4 Å². The van der Waals surface area contributed by atoms with Crippen LogP contribution in [0.4, 0.5) is 13.2 Å². The fourth-order valence-corrected chi connectivity index (χ4v) is 4.90. The van der Waals surface area contributed by atoms with Crippen molar-refractivity contribution in [3.05, 3.63) is 68.8 Å². The summed E-state index contributed by atoms with van der Waals surface area (Å²) in [5.74, 6) is 0.316. The molecule has 0 bridgehead atoms. The standard InChI is InChI=1S/C23H20BrF3N4O2/c1-14-5-17(29-28-9-14)8-22(12-33-13-22)15-3-2-4-18(6-15)30-11-20-19(23(25,26)27)7-16(24)10-31(20)21(30)32/h2-4,6-7,9-11,14H,5,8,12-13H2,1H3. The molecule has 0 radical (unpaired) electrons. The van der Waals surface area contributed by atoms with Crippen molar-refractivity contribution < 1.29 is 17.9 Å². The monoisotopic (exact) mass is 520 g/mol. The van der Waals surface area contributed by atoms with Crippen LogP contribution in [0.25, 0.3) is 11.2 Å². The van der Waals surface area contributed by atoms with Crippen LogP contribution in [-0.4, -0.2) is 34.1 Å². The lowest BCUT2D eigenvalue weighted by Gasteiger charge is -2.42. The molecule has 2 aliphatic heterocycles. The summed E-state index contributed by atoms with van der Waals surface area (Å²) in [4.78, 5) is 13.0. The summed E-state index contributed by atoms with van der Waals surface area (Å²) in [5, 5.41) is 8.39. The highest BCUT2D eigenvalue weighted by atomic mass is 79.9. The van der Waals surface area contributed by atoms with Crippen molar-refractivity contribution >= 4 is 33.4 Å². The summed E-state index contributed by atoms with van der Waals surface area (Å²) in [6, 6.07) is 8.31. The molecule has 1 atom stereocenters. The van der Waals surface area contributed by atoms with Crippen molar-refractivity contribution in [3.63, 3.8) is 0 Å². The smallest absolute Gasteiger partial charge is 0.379 e. The number of nitrogens with zero attached hydrogens (tertiary/aromatic N) is 4. The molecule has 3 aromatic rings. The molecule has 5 rings (SSSR count). The lowest BCUT2D eigenvalue weighted by Crippen LogP contribution is -2.48. The molecule has 0 saturated carbocycles. The van der Waals surface area contributed by atoms with Crippen LogP contribution in [0.3, 0.4) is 0 Å². The Morgan fingerprint density at radius 2 is 2.03 bits per heavy atom. The SMILES string of the molecule is CC1C=NN=C(CC2(c3cccc(-n4cc5c(C(F)(F)F)cc(Br)cn5c4=O)c3)COC2)C1. The predicted molar refractivity (Wildman–Crippen MR) is 123 cm³/mol. The van der Waals surface area contributed by atoms with E-state index in [4.69, 9.17) is 4.74 Å². The normalized spacial score (nSPS) is 20.0. The van der Waals surface area contributed by atoms with Gasteiger partial charge in [-0.15, -0.1) is 0 Å². The van der Waals surface area contributed by atoms with Gasteiger partial charge in [0.2, 0.25) is 0 Å². The van der Waals surface area contributed by atoms with E-state index in [2.05, 4.69) is 33.1 Å². The van der Waals surface area contributed by atoms with Crippen LogP contribution in [0.5, 0.6) is 0 Å². The Balaban J connectivity index is 1.57. The number of ether oxygens (including phenoxy) is 1. The minimum Gasteiger partial charge on any atom is -0.379 e. The Bertz CT molecular complexity index is 1350. The number of imidazole rings is 1. The van der Waals surface area contributed by atoms with E-state index in [1.165, 1.54) is 17.0 Å². The second kappa shape index (κ2) is 7.95.